The van der Waals surface area contributed by atoms with E-state index in [2.05, 4.69) is 9.71 Å². The summed E-state index contributed by atoms with van der Waals surface area (Å²) in [5.74, 6) is -1.30. The first kappa shape index (κ1) is 14.2. The van der Waals surface area contributed by atoms with Gasteiger partial charge in [-0.1, -0.05) is 11.3 Å². The average molecular weight is 308 g/mol. The molecule has 1 aliphatic heterocycles. The fraction of sp³-hybridized carbons (Fsp3) is 0.556. The quantitative estimate of drug-likeness (QED) is 0.673. The van der Waals surface area contributed by atoms with Crippen LogP contribution in [0.3, 0.4) is 0 Å². The van der Waals surface area contributed by atoms with Gasteiger partial charge in [-0.05, 0) is 6.92 Å². The topological polar surface area (TPSA) is 126 Å². The maximum absolute atomic E-state index is 12.2. The van der Waals surface area contributed by atoms with Crippen molar-refractivity contribution < 1.29 is 23.1 Å². The van der Waals surface area contributed by atoms with Gasteiger partial charge in [0.1, 0.15) is 0 Å². The van der Waals surface area contributed by atoms with Gasteiger partial charge in [0.05, 0.1) is 6.61 Å². The summed E-state index contributed by atoms with van der Waals surface area (Å²) >= 11 is 0.520. The second-order valence-electron chi connectivity index (χ2n) is 4.22. The number of aromatic nitrogens is 1. The van der Waals surface area contributed by atoms with Crippen LogP contribution in [0.15, 0.2) is 9.00 Å². The van der Waals surface area contributed by atoms with Gasteiger partial charge in [0.2, 0.25) is 0 Å². The van der Waals surface area contributed by atoms with Crippen molar-refractivity contribution in [3.63, 3.8) is 0 Å². The zero-order valence-electron chi connectivity index (χ0n) is 9.93. The second-order valence-corrected chi connectivity index (χ2v) is 7.08. The Labute approximate surface area is 112 Å². The van der Waals surface area contributed by atoms with Crippen LogP contribution in [-0.4, -0.2) is 43.2 Å². The van der Waals surface area contributed by atoms with Gasteiger partial charge in [0.15, 0.2) is 9.75 Å². The first-order valence-electron chi connectivity index (χ1n) is 5.32. The van der Waals surface area contributed by atoms with Gasteiger partial charge in [-0.2, -0.15) is 4.72 Å². The molecule has 0 radical (unpaired) electrons. The summed E-state index contributed by atoms with van der Waals surface area (Å²) < 4.78 is 31.2. The fourth-order valence-electron chi connectivity index (χ4n) is 1.81. The highest BCUT2D eigenvalue weighted by Crippen LogP contribution is 2.24. The van der Waals surface area contributed by atoms with Crippen molar-refractivity contribution in [2.24, 2.45) is 0 Å². The Kier molecular flexibility index (Phi) is 3.51. The SMILES string of the molecule is Cc1[nH]c(=O)sc1S(=O)(=O)NC1(C(=O)O)CCOC1. The third kappa shape index (κ3) is 2.56. The van der Waals surface area contributed by atoms with E-state index < -0.39 is 26.4 Å². The van der Waals surface area contributed by atoms with E-state index in [9.17, 15) is 23.1 Å². The van der Waals surface area contributed by atoms with Gasteiger partial charge in [-0.15, -0.1) is 0 Å². The number of carboxylic acid groups (broad SMARTS) is 1. The number of ether oxygens (including phenoxy) is 1. The van der Waals surface area contributed by atoms with E-state index in [0.717, 1.165) is 0 Å². The Morgan fingerprint density at radius 1 is 1.58 bits per heavy atom. The average Bonchev–Trinajstić information content (AvgIpc) is 2.86. The molecule has 1 aromatic heterocycles. The van der Waals surface area contributed by atoms with Gasteiger partial charge in [-0.25, -0.2) is 8.42 Å². The van der Waals surface area contributed by atoms with E-state index in [-0.39, 0.29) is 29.5 Å². The van der Waals surface area contributed by atoms with Crippen LogP contribution in [0.5, 0.6) is 0 Å². The molecular formula is C9H12N2O6S2. The summed E-state index contributed by atoms with van der Waals surface area (Å²) in [5.41, 5.74) is -1.49. The lowest BCUT2D eigenvalue weighted by Crippen LogP contribution is -2.54. The number of rotatable bonds is 4. The third-order valence-electron chi connectivity index (χ3n) is 2.79. The Bertz CT molecular complexity index is 652. The Hall–Kier alpha value is -1.23. The molecule has 106 valence electrons. The zero-order valence-corrected chi connectivity index (χ0v) is 11.6. The zero-order chi connectivity index (χ0) is 14.3. The van der Waals surface area contributed by atoms with Crippen molar-refractivity contribution in [1.29, 1.82) is 0 Å². The maximum atomic E-state index is 12.2. The van der Waals surface area contributed by atoms with Crippen molar-refractivity contribution in [3.8, 4) is 0 Å². The first-order valence-corrected chi connectivity index (χ1v) is 7.62. The number of aromatic amines is 1. The third-order valence-corrected chi connectivity index (χ3v) is 5.93. The maximum Gasteiger partial charge on any atom is 0.327 e. The highest BCUT2D eigenvalue weighted by Gasteiger charge is 2.46. The standard InChI is InChI=1S/C9H12N2O6S2/c1-5-6(18-8(14)10-5)19(15,16)11-9(7(12)13)2-3-17-4-9/h11H,2-4H2,1H3,(H,10,14)(H,12,13). The summed E-state index contributed by atoms with van der Waals surface area (Å²) in [6, 6.07) is 0. The summed E-state index contributed by atoms with van der Waals surface area (Å²) in [6.07, 6.45) is 0.0416. The minimum absolute atomic E-state index is 0.0416. The summed E-state index contributed by atoms with van der Waals surface area (Å²) in [4.78, 5) is 24.2. The van der Waals surface area contributed by atoms with E-state index in [4.69, 9.17) is 4.74 Å². The van der Waals surface area contributed by atoms with Crippen molar-refractivity contribution in [3.05, 3.63) is 15.4 Å². The van der Waals surface area contributed by atoms with Crippen LogP contribution >= 0.6 is 11.3 Å². The van der Waals surface area contributed by atoms with Crippen LogP contribution in [0.4, 0.5) is 0 Å². The lowest BCUT2D eigenvalue weighted by atomic mass is 10.0. The van der Waals surface area contributed by atoms with Gasteiger partial charge in [0.25, 0.3) is 10.0 Å². The van der Waals surface area contributed by atoms with Crippen molar-refractivity contribution in [1.82, 2.24) is 9.71 Å². The molecule has 1 aromatic rings. The minimum atomic E-state index is -4.08. The van der Waals surface area contributed by atoms with Crippen molar-refractivity contribution >= 4 is 27.3 Å². The number of aryl methyl sites for hydroxylation is 1. The number of hydrogen-bond acceptors (Lipinski definition) is 6. The molecule has 0 saturated carbocycles. The van der Waals surface area contributed by atoms with Crippen LogP contribution in [0.2, 0.25) is 0 Å². The molecular weight excluding hydrogens is 296 g/mol. The van der Waals surface area contributed by atoms with Gasteiger partial charge in [0, 0.05) is 18.7 Å². The fourth-order valence-corrected chi connectivity index (χ4v) is 4.49. The van der Waals surface area contributed by atoms with Crippen LogP contribution in [0.1, 0.15) is 12.1 Å². The molecule has 2 rings (SSSR count). The number of carbonyl (C=O) groups is 1. The lowest BCUT2D eigenvalue weighted by molar-refractivity contribution is -0.144. The molecule has 1 aliphatic rings. The number of sulfonamides is 1. The lowest BCUT2D eigenvalue weighted by Gasteiger charge is -2.22. The number of H-pyrrole nitrogens is 1. The predicted molar refractivity (Wildman–Crippen MR) is 65.8 cm³/mol. The van der Waals surface area contributed by atoms with E-state index >= 15 is 0 Å². The highest BCUT2D eigenvalue weighted by atomic mass is 32.2. The molecule has 0 aromatic carbocycles. The number of hydrogen-bond donors (Lipinski definition) is 3. The molecule has 0 aliphatic carbocycles. The number of thiazole rings is 1. The molecule has 0 spiro atoms. The van der Waals surface area contributed by atoms with Crippen molar-refractivity contribution in [2.45, 2.75) is 23.1 Å². The van der Waals surface area contributed by atoms with E-state index in [0.29, 0.717) is 11.3 Å². The van der Waals surface area contributed by atoms with E-state index in [1.54, 1.807) is 0 Å². The van der Waals surface area contributed by atoms with Crippen molar-refractivity contribution in [2.75, 3.05) is 13.2 Å². The first-order chi connectivity index (χ1) is 8.77. The number of aliphatic carboxylic acids is 1. The predicted octanol–water partition coefficient (Wildman–Crippen LogP) is -0.733. The number of nitrogens with one attached hydrogen (secondary N) is 2. The Morgan fingerprint density at radius 2 is 2.26 bits per heavy atom. The van der Waals surface area contributed by atoms with Gasteiger partial charge < -0.3 is 14.8 Å². The minimum Gasteiger partial charge on any atom is -0.480 e. The Balaban J connectivity index is 2.38. The molecule has 0 bridgehead atoms. The highest BCUT2D eigenvalue weighted by molar-refractivity contribution is 7.91. The Morgan fingerprint density at radius 3 is 2.68 bits per heavy atom. The normalized spacial score (nSPS) is 23.6. The summed E-state index contributed by atoms with van der Waals surface area (Å²) in [7, 11) is -4.08. The molecule has 10 heteroatoms. The molecule has 8 nitrogen and oxygen atoms in total. The van der Waals surface area contributed by atoms with Crippen LogP contribution < -0.4 is 9.60 Å². The molecule has 2 heterocycles. The van der Waals surface area contributed by atoms with Gasteiger partial charge >= 0.3 is 10.8 Å². The summed E-state index contributed by atoms with van der Waals surface area (Å²) in [6.45, 7) is 1.36. The van der Waals surface area contributed by atoms with E-state index in [1.807, 2.05) is 0 Å². The van der Waals surface area contributed by atoms with E-state index in [1.165, 1.54) is 6.92 Å². The molecule has 1 fully saturated rings. The molecule has 3 N–H and O–H groups in total. The molecule has 1 atom stereocenters. The number of carboxylic acids is 1. The monoisotopic (exact) mass is 308 g/mol. The second kappa shape index (κ2) is 4.71. The molecule has 19 heavy (non-hydrogen) atoms. The molecule has 1 unspecified atom stereocenters. The van der Waals surface area contributed by atoms with Crippen LogP contribution in [-0.2, 0) is 19.6 Å². The molecule has 1 saturated heterocycles. The van der Waals surface area contributed by atoms with Gasteiger partial charge in [-0.3, -0.25) is 9.59 Å². The molecule has 0 amide bonds. The smallest absolute Gasteiger partial charge is 0.327 e. The van der Waals surface area contributed by atoms with Crippen LogP contribution in [0.25, 0.3) is 0 Å². The summed E-state index contributed by atoms with van der Waals surface area (Å²) in [5, 5.41) is 9.18. The van der Waals surface area contributed by atoms with Crippen LogP contribution in [0, 0.1) is 6.92 Å². The largest absolute Gasteiger partial charge is 0.480 e.